The van der Waals surface area contributed by atoms with Gasteiger partial charge < -0.3 is 17.0 Å². The van der Waals surface area contributed by atoms with Gasteiger partial charge >= 0.3 is 4.87 Å². The predicted molar refractivity (Wildman–Crippen MR) is 76.5 cm³/mol. The van der Waals surface area contributed by atoms with Crippen molar-refractivity contribution in [2.75, 3.05) is 13.1 Å². The Morgan fingerprint density at radius 1 is 1.06 bits per heavy atom. The molecule has 3 rings (SSSR count). The van der Waals surface area contributed by atoms with Gasteiger partial charge in [0.2, 0.25) is 0 Å². The Labute approximate surface area is 116 Å². The Morgan fingerprint density at radius 2 is 1.78 bits per heavy atom. The molecule has 1 aromatic heterocycles. The zero-order valence-electron chi connectivity index (χ0n) is 10.1. The molecule has 1 aliphatic heterocycles. The number of hydrogen-bond acceptors (Lipinski definition) is 3. The molecule has 2 aromatic rings. The van der Waals surface area contributed by atoms with E-state index in [0.29, 0.717) is 0 Å². The van der Waals surface area contributed by atoms with Gasteiger partial charge in [0, 0.05) is 18.4 Å². The van der Waals surface area contributed by atoms with Crippen LogP contribution in [0.15, 0.2) is 39.0 Å². The average molecular weight is 277 g/mol. The summed E-state index contributed by atoms with van der Waals surface area (Å²) in [5, 5.41) is 0. The topological polar surface area (TPSA) is 16.1 Å². The fourth-order valence-electron chi connectivity index (χ4n) is 2.25. The quantitative estimate of drug-likeness (QED) is 0.588. The molecule has 94 valence electrons. The third-order valence-electron chi connectivity index (χ3n) is 3.21. The summed E-state index contributed by atoms with van der Waals surface area (Å²) in [6.07, 6.45) is 3.83. The minimum absolute atomic E-state index is 0.844. The smallest absolute Gasteiger partial charge is 0.332 e. The molecule has 1 saturated heterocycles. The Balaban J connectivity index is 2.06. The first-order chi connectivity index (χ1) is 8.84. The summed E-state index contributed by atoms with van der Waals surface area (Å²) in [4.78, 5) is 0.971. The van der Waals surface area contributed by atoms with E-state index in [-0.39, 0.29) is 0 Å². The Morgan fingerprint density at radius 3 is 2.50 bits per heavy atom. The molecule has 0 spiro atoms. The Kier molecular flexibility index (Phi) is 3.48. The zero-order valence-corrected chi connectivity index (χ0v) is 11.7. The summed E-state index contributed by atoms with van der Waals surface area (Å²) >= 11 is 7.01. The van der Waals surface area contributed by atoms with Gasteiger partial charge in [0.15, 0.2) is 0 Å². The molecule has 4 heteroatoms. The molecule has 2 heterocycles. The second kappa shape index (κ2) is 5.24. The fourth-order valence-corrected chi connectivity index (χ4v) is 3.47. The van der Waals surface area contributed by atoms with Gasteiger partial charge in [-0.3, -0.25) is 11.3 Å². The van der Waals surface area contributed by atoms with Gasteiger partial charge in [-0.1, -0.05) is 34.5 Å². The summed E-state index contributed by atoms with van der Waals surface area (Å²) in [6, 6.07) is 10.1. The summed E-state index contributed by atoms with van der Waals surface area (Å²) in [5.41, 5.74) is 1.07. The molecule has 0 radical (unpaired) electrons. The van der Waals surface area contributed by atoms with E-state index in [2.05, 4.69) is 4.58 Å². The summed E-state index contributed by atoms with van der Waals surface area (Å²) in [6.45, 7) is 2.18. The molecular formula is C14H15NOS2. The van der Waals surface area contributed by atoms with E-state index in [1.165, 1.54) is 19.3 Å². The molecule has 0 saturated carbocycles. The van der Waals surface area contributed by atoms with Crippen LogP contribution in [0.1, 0.15) is 19.3 Å². The highest BCUT2D eigenvalue weighted by Crippen LogP contribution is 2.24. The summed E-state index contributed by atoms with van der Waals surface area (Å²) < 4.78 is 9.14. The molecule has 0 aliphatic carbocycles. The maximum atomic E-state index is 5.98. The van der Waals surface area contributed by atoms with Crippen LogP contribution >= 0.6 is 11.3 Å². The molecule has 0 atom stereocenters. The van der Waals surface area contributed by atoms with Gasteiger partial charge in [0.1, 0.15) is 18.8 Å². The predicted octanol–water partition coefficient (Wildman–Crippen LogP) is 2.87. The van der Waals surface area contributed by atoms with Gasteiger partial charge in [0.05, 0.1) is 0 Å². The first kappa shape index (κ1) is 11.9. The van der Waals surface area contributed by atoms with E-state index < -0.39 is 0 Å². The van der Waals surface area contributed by atoms with Crippen molar-refractivity contribution in [1.82, 2.24) is 4.58 Å². The highest BCUT2D eigenvalue weighted by atomic mass is 32.2. The van der Waals surface area contributed by atoms with Crippen molar-refractivity contribution in [2.45, 2.75) is 23.5 Å². The van der Waals surface area contributed by atoms with Crippen LogP contribution < -0.4 is 9.44 Å². The minimum atomic E-state index is 0.844. The Hall–Kier alpha value is -1.13. The molecule has 0 amide bonds. The van der Waals surface area contributed by atoms with Crippen LogP contribution in [0.5, 0.6) is 0 Å². The highest BCUT2D eigenvalue weighted by Gasteiger charge is 2.13. The molecule has 0 bridgehead atoms. The third-order valence-corrected chi connectivity index (χ3v) is 4.53. The van der Waals surface area contributed by atoms with E-state index in [1.54, 1.807) is 11.3 Å². The average Bonchev–Trinajstić information content (AvgIpc) is 2.83. The summed E-state index contributed by atoms with van der Waals surface area (Å²) in [7, 11) is 0. The van der Waals surface area contributed by atoms with Crippen molar-refractivity contribution in [1.29, 1.82) is 0 Å². The number of piperidine rings is 1. The van der Waals surface area contributed by atoms with E-state index in [0.717, 1.165) is 33.5 Å². The van der Waals surface area contributed by atoms with Gasteiger partial charge in [-0.2, -0.15) is 0 Å². The van der Waals surface area contributed by atoms with Crippen LogP contribution in [0.4, 0.5) is 0 Å². The first-order valence-corrected chi connectivity index (χ1v) is 7.51. The zero-order chi connectivity index (χ0) is 12.4. The van der Waals surface area contributed by atoms with Crippen molar-refractivity contribution >= 4 is 24.0 Å². The van der Waals surface area contributed by atoms with E-state index in [1.807, 2.05) is 30.3 Å². The lowest BCUT2D eigenvalue weighted by molar-refractivity contribution is 0.392. The molecule has 1 aliphatic rings. The molecule has 2 nitrogen and oxygen atoms in total. The number of rotatable bonds is 1. The molecule has 18 heavy (non-hydrogen) atoms. The van der Waals surface area contributed by atoms with Crippen molar-refractivity contribution in [2.24, 2.45) is 0 Å². The molecule has 0 N–H and O–H groups in total. The lowest BCUT2D eigenvalue weighted by Crippen LogP contribution is -2.32. The molecule has 1 fully saturated rings. The van der Waals surface area contributed by atoms with Gasteiger partial charge in [0.25, 0.3) is 0 Å². The second-order valence-corrected chi connectivity index (χ2v) is 6.13. The van der Waals surface area contributed by atoms with Crippen molar-refractivity contribution in [3.63, 3.8) is 0 Å². The van der Waals surface area contributed by atoms with Crippen molar-refractivity contribution in [3.05, 3.63) is 35.2 Å². The van der Waals surface area contributed by atoms with Crippen LogP contribution in [0, 0.1) is 0 Å². The lowest BCUT2D eigenvalue weighted by Gasteiger charge is -2.07. The monoisotopic (exact) mass is 277 g/mol. The van der Waals surface area contributed by atoms with E-state index in [9.17, 15) is 0 Å². The SMILES string of the molecule is [S-]c1sc(=[N+]2CCCCC2)oc1-c1ccccc1. The van der Waals surface area contributed by atoms with Crippen molar-refractivity contribution < 1.29 is 4.42 Å². The van der Waals surface area contributed by atoms with E-state index in [4.69, 9.17) is 17.0 Å². The van der Waals surface area contributed by atoms with Crippen LogP contribution in [-0.2, 0) is 12.6 Å². The van der Waals surface area contributed by atoms with Gasteiger partial charge in [-0.25, -0.2) is 4.58 Å². The summed E-state index contributed by atoms with van der Waals surface area (Å²) in [5.74, 6) is 0.844. The van der Waals surface area contributed by atoms with Crippen LogP contribution in [0.2, 0.25) is 0 Å². The minimum Gasteiger partial charge on any atom is -0.424 e. The molecule has 0 unspecified atom stereocenters. The van der Waals surface area contributed by atoms with Gasteiger partial charge in [-0.05, 0) is 6.42 Å². The Bertz CT molecular complexity index is 590. The molecular weight excluding hydrogens is 262 g/mol. The maximum absolute atomic E-state index is 5.98. The lowest BCUT2D eigenvalue weighted by atomic mass is 10.2. The number of benzene rings is 1. The molecule has 1 aromatic carbocycles. The highest BCUT2D eigenvalue weighted by molar-refractivity contribution is 7.62. The standard InChI is InChI=1S/C14H15NOS2/c17-13-12(11-7-3-1-4-8-11)16-14(18-13)15-9-5-2-6-10-15/h1,3-4,7-8H,2,5-6,9-10H2. The van der Waals surface area contributed by atoms with Gasteiger partial charge in [-0.15, -0.1) is 0 Å². The first-order valence-electron chi connectivity index (χ1n) is 6.29. The van der Waals surface area contributed by atoms with E-state index >= 15 is 0 Å². The normalized spacial score (nSPS) is 15.9. The number of hydrogen-bond donors (Lipinski definition) is 0. The fraction of sp³-hybridized carbons (Fsp3) is 0.357. The maximum Gasteiger partial charge on any atom is 0.332 e. The van der Waals surface area contributed by atoms with Crippen molar-refractivity contribution in [3.8, 4) is 11.3 Å². The van der Waals surface area contributed by atoms with Crippen LogP contribution in [0.3, 0.4) is 0 Å². The number of nitrogens with zero attached hydrogens (tertiary/aromatic N) is 1. The van der Waals surface area contributed by atoms with Crippen LogP contribution in [-0.4, -0.2) is 13.1 Å². The third kappa shape index (κ3) is 2.35. The van der Waals surface area contributed by atoms with Crippen LogP contribution in [0.25, 0.3) is 11.3 Å². The second-order valence-electron chi connectivity index (χ2n) is 4.50. The largest absolute Gasteiger partial charge is 0.424 e.